The lowest BCUT2D eigenvalue weighted by atomic mass is 10.1. The summed E-state index contributed by atoms with van der Waals surface area (Å²) in [5.74, 6) is 0.675. The van der Waals surface area contributed by atoms with Gasteiger partial charge in [0, 0.05) is 12.5 Å². The summed E-state index contributed by atoms with van der Waals surface area (Å²) >= 11 is 0. The molecule has 0 amide bonds. The lowest BCUT2D eigenvalue weighted by Gasteiger charge is -2.05. The predicted molar refractivity (Wildman–Crippen MR) is 36.3 cm³/mol. The zero-order chi connectivity index (χ0) is 6.85. The van der Waals surface area contributed by atoms with E-state index in [0.717, 1.165) is 19.5 Å². The summed E-state index contributed by atoms with van der Waals surface area (Å²) in [4.78, 5) is 13.0. The average Bonchev–Trinajstić information content (AvgIpc) is 2.14. The van der Waals surface area contributed by atoms with Crippen LogP contribution in [0.1, 0.15) is 13.3 Å². The highest BCUT2D eigenvalue weighted by Crippen LogP contribution is 2.14. The fraction of sp³-hybridized carbons (Fsp3) is 0.857. The zero-order valence-corrected chi connectivity index (χ0v) is 6.05. The molecule has 0 unspecified atom stereocenters. The number of hydrogen-bond donors (Lipinski definition) is 0. The number of ketones is 1. The topological polar surface area (TPSA) is 20.3 Å². The minimum absolute atomic E-state index is 0.329. The van der Waals surface area contributed by atoms with E-state index in [-0.39, 0.29) is 0 Å². The fourth-order valence-corrected chi connectivity index (χ4v) is 1.27. The Bertz CT molecular complexity index is 122. The Labute approximate surface area is 55.8 Å². The molecule has 1 heterocycles. The highest BCUT2D eigenvalue weighted by molar-refractivity contribution is 5.78. The van der Waals surface area contributed by atoms with Crippen LogP contribution >= 0.6 is 0 Å². The van der Waals surface area contributed by atoms with E-state index in [1.54, 1.807) is 6.92 Å². The van der Waals surface area contributed by atoms with E-state index in [1.807, 2.05) is 0 Å². The second-order valence-electron chi connectivity index (χ2n) is 2.86. The highest BCUT2D eigenvalue weighted by atomic mass is 16.1. The van der Waals surface area contributed by atoms with E-state index >= 15 is 0 Å². The summed E-state index contributed by atoms with van der Waals surface area (Å²) < 4.78 is 0. The van der Waals surface area contributed by atoms with Crippen molar-refractivity contribution in [3.05, 3.63) is 0 Å². The maximum Gasteiger partial charge on any atom is 0.134 e. The van der Waals surface area contributed by atoms with Gasteiger partial charge >= 0.3 is 0 Å². The molecule has 0 saturated carbocycles. The van der Waals surface area contributed by atoms with E-state index in [4.69, 9.17) is 0 Å². The summed E-state index contributed by atoms with van der Waals surface area (Å²) in [5.41, 5.74) is 0. The Kier molecular flexibility index (Phi) is 1.86. The van der Waals surface area contributed by atoms with Gasteiger partial charge < -0.3 is 4.90 Å². The van der Waals surface area contributed by atoms with Crippen molar-refractivity contribution in [2.45, 2.75) is 13.3 Å². The van der Waals surface area contributed by atoms with Gasteiger partial charge in [0.2, 0.25) is 0 Å². The molecule has 0 radical (unpaired) electrons. The van der Waals surface area contributed by atoms with Crippen LogP contribution in [-0.2, 0) is 4.79 Å². The minimum Gasteiger partial charge on any atom is -0.306 e. The summed E-state index contributed by atoms with van der Waals surface area (Å²) in [6.07, 6.45) is 1.06. The fourth-order valence-electron chi connectivity index (χ4n) is 1.27. The summed E-state index contributed by atoms with van der Waals surface area (Å²) in [7, 11) is 2.06. The van der Waals surface area contributed by atoms with E-state index in [0.29, 0.717) is 11.7 Å². The van der Waals surface area contributed by atoms with Gasteiger partial charge in [-0.05, 0) is 26.9 Å². The van der Waals surface area contributed by atoms with Gasteiger partial charge in [0.15, 0.2) is 0 Å². The van der Waals surface area contributed by atoms with Crippen LogP contribution in [0.15, 0.2) is 0 Å². The van der Waals surface area contributed by atoms with E-state index in [2.05, 4.69) is 11.9 Å². The van der Waals surface area contributed by atoms with Gasteiger partial charge in [0.1, 0.15) is 5.78 Å². The number of likely N-dealkylation sites (tertiary alicyclic amines) is 1. The third kappa shape index (κ3) is 1.52. The van der Waals surface area contributed by atoms with E-state index in [9.17, 15) is 4.79 Å². The number of hydrogen-bond acceptors (Lipinski definition) is 2. The number of carbonyl (C=O) groups is 1. The Morgan fingerprint density at radius 2 is 2.33 bits per heavy atom. The van der Waals surface area contributed by atoms with Gasteiger partial charge in [0.05, 0.1) is 0 Å². The molecule has 1 aliphatic rings. The SMILES string of the molecule is CC(=O)[C@H]1CCN(C)C1. The highest BCUT2D eigenvalue weighted by Gasteiger charge is 2.22. The quantitative estimate of drug-likeness (QED) is 0.512. The van der Waals surface area contributed by atoms with Crippen molar-refractivity contribution in [1.29, 1.82) is 0 Å². The van der Waals surface area contributed by atoms with Crippen LogP contribution < -0.4 is 0 Å². The predicted octanol–water partition coefficient (Wildman–Crippen LogP) is 0.527. The Hall–Kier alpha value is -0.370. The van der Waals surface area contributed by atoms with E-state index < -0.39 is 0 Å². The summed E-state index contributed by atoms with van der Waals surface area (Å²) in [5, 5.41) is 0. The molecule has 52 valence electrons. The largest absolute Gasteiger partial charge is 0.306 e. The van der Waals surface area contributed by atoms with Crippen molar-refractivity contribution in [1.82, 2.24) is 4.90 Å². The summed E-state index contributed by atoms with van der Waals surface area (Å²) in [6, 6.07) is 0. The van der Waals surface area contributed by atoms with Crippen LogP contribution in [-0.4, -0.2) is 30.8 Å². The molecule has 2 heteroatoms. The monoisotopic (exact) mass is 127 g/mol. The standard InChI is InChI=1S/C7H13NO/c1-6(9)7-3-4-8(2)5-7/h7H,3-5H2,1-2H3/t7-/m0/s1. The van der Waals surface area contributed by atoms with Gasteiger partial charge in [-0.1, -0.05) is 0 Å². The first-order valence-corrected chi connectivity index (χ1v) is 3.39. The molecule has 1 aliphatic heterocycles. The van der Waals surface area contributed by atoms with Crippen LogP contribution in [0.25, 0.3) is 0 Å². The average molecular weight is 127 g/mol. The number of rotatable bonds is 1. The molecule has 1 saturated heterocycles. The molecule has 1 rings (SSSR count). The lowest BCUT2D eigenvalue weighted by Crippen LogP contribution is -2.17. The molecule has 9 heavy (non-hydrogen) atoms. The van der Waals surface area contributed by atoms with Crippen molar-refractivity contribution in [2.24, 2.45) is 5.92 Å². The molecule has 0 aromatic heterocycles. The second kappa shape index (κ2) is 2.48. The molecular weight excluding hydrogens is 114 g/mol. The molecule has 0 N–H and O–H groups in total. The molecule has 0 aliphatic carbocycles. The molecule has 1 atom stereocenters. The van der Waals surface area contributed by atoms with Crippen LogP contribution in [0.5, 0.6) is 0 Å². The smallest absolute Gasteiger partial charge is 0.134 e. The van der Waals surface area contributed by atoms with Crippen molar-refractivity contribution in [3.63, 3.8) is 0 Å². The molecule has 0 aromatic carbocycles. The van der Waals surface area contributed by atoms with Crippen LogP contribution in [0.2, 0.25) is 0 Å². The van der Waals surface area contributed by atoms with Gasteiger partial charge in [-0.25, -0.2) is 0 Å². The second-order valence-corrected chi connectivity index (χ2v) is 2.86. The molecular formula is C7H13NO. The van der Waals surface area contributed by atoms with Gasteiger partial charge in [-0.3, -0.25) is 4.79 Å². The zero-order valence-electron chi connectivity index (χ0n) is 6.05. The molecule has 0 bridgehead atoms. The van der Waals surface area contributed by atoms with Crippen molar-refractivity contribution >= 4 is 5.78 Å². The minimum atomic E-state index is 0.329. The normalized spacial score (nSPS) is 28.9. The first-order valence-electron chi connectivity index (χ1n) is 3.39. The van der Waals surface area contributed by atoms with Gasteiger partial charge in [-0.15, -0.1) is 0 Å². The van der Waals surface area contributed by atoms with Crippen LogP contribution in [0, 0.1) is 5.92 Å². The Balaban J connectivity index is 2.39. The number of Topliss-reactive ketones (excluding diaryl/α,β-unsaturated/α-hetero) is 1. The van der Waals surface area contributed by atoms with Crippen molar-refractivity contribution in [2.75, 3.05) is 20.1 Å². The van der Waals surface area contributed by atoms with Gasteiger partial charge in [0.25, 0.3) is 0 Å². The lowest BCUT2D eigenvalue weighted by molar-refractivity contribution is -0.120. The maximum absolute atomic E-state index is 10.8. The van der Waals surface area contributed by atoms with E-state index in [1.165, 1.54) is 0 Å². The third-order valence-corrected chi connectivity index (χ3v) is 1.97. The van der Waals surface area contributed by atoms with Gasteiger partial charge in [-0.2, -0.15) is 0 Å². The van der Waals surface area contributed by atoms with Crippen molar-refractivity contribution < 1.29 is 4.79 Å². The first kappa shape index (κ1) is 6.75. The van der Waals surface area contributed by atoms with Crippen LogP contribution in [0.3, 0.4) is 0 Å². The summed E-state index contributed by atoms with van der Waals surface area (Å²) in [6.45, 7) is 3.74. The molecule has 1 fully saturated rings. The molecule has 0 spiro atoms. The molecule has 2 nitrogen and oxygen atoms in total. The maximum atomic E-state index is 10.8. The number of carbonyl (C=O) groups excluding carboxylic acids is 1. The molecule has 0 aromatic rings. The third-order valence-electron chi connectivity index (χ3n) is 1.97. The number of nitrogens with zero attached hydrogens (tertiary/aromatic N) is 1. The Morgan fingerprint density at radius 3 is 2.56 bits per heavy atom. The van der Waals surface area contributed by atoms with Crippen LogP contribution in [0.4, 0.5) is 0 Å². The first-order chi connectivity index (χ1) is 4.20. The Morgan fingerprint density at radius 1 is 1.67 bits per heavy atom. The van der Waals surface area contributed by atoms with Crippen molar-refractivity contribution in [3.8, 4) is 0 Å².